The highest BCUT2D eigenvalue weighted by molar-refractivity contribution is 6.30. The zero-order chi connectivity index (χ0) is 13.5. The molecule has 0 amide bonds. The molecular formula is C12H11Cl2FN2O. The lowest BCUT2D eigenvalue weighted by atomic mass is 10.2. The molecule has 0 N–H and O–H groups in total. The van der Waals surface area contributed by atoms with Crippen molar-refractivity contribution in [1.82, 2.24) is 0 Å². The third-order valence-electron chi connectivity index (χ3n) is 1.97. The molecule has 96 valence electrons. The topological polar surface area (TPSA) is 41.8 Å². The molecule has 0 fully saturated rings. The van der Waals surface area contributed by atoms with Crippen molar-refractivity contribution < 1.29 is 9.18 Å². The van der Waals surface area contributed by atoms with E-state index in [0.717, 1.165) is 6.07 Å². The van der Waals surface area contributed by atoms with Gasteiger partial charge in [0.2, 0.25) is 0 Å². The lowest BCUT2D eigenvalue weighted by Gasteiger charge is -2.02. The quantitative estimate of drug-likeness (QED) is 0.452. The Labute approximate surface area is 114 Å². The Hall–Kier alpha value is -1.26. The van der Waals surface area contributed by atoms with E-state index in [-0.39, 0.29) is 22.4 Å². The fourth-order valence-corrected chi connectivity index (χ4v) is 1.60. The van der Waals surface area contributed by atoms with Gasteiger partial charge in [0.1, 0.15) is 11.9 Å². The highest BCUT2D eigenvalue weighted by atomic mass is 35.5. The van der Waals surface area contributed by atoms with E-state index in [2.05, 4.69) is 10.2 Å². The van der Waals surface area contributed by atoms with Crippen molar-refractivity contribution in [3.63, 3.8) is 0 Å². The molecular weight excluding hydrogens is 278 g/mol. The smallest absolute Gasteiger partial charge is 0.182 e. The van der Waals surface area contributed by atoms with Gasteiger partial charge in [0.05, 0.1) is 11.6 Å². The molecule has 3 nitrogen and oxygen atoms in total. The summed E-state index contributed by atoms with van der Waals surface area (Å²) in [6, 6.07) is 3.00. The van der Waals surface area contributed by atoms with Gasteiger partial charge in [-0.15, -0.1) is 11.6 Å². The van der Waals surface area contributed by atoms with Crippen molar-refractivity contribution in [2.75, 3.05) is 5.88 Å². The molecule has 1 aromatic carbocycles. The molecule has 1 aromatic rings. The van der Waals surface area contributed by atoms with Gasteiger partial charge in [0, 0.05) is 11.1 Å². The van der Waals surface area contributed by atoms with Gasteiger partial charge >= 0.3 is 0 Å². The first-order valence-corrected chi connectivity index (χ1v) is 6.07. The van der Waals surface area contributed by atoms with E-state index in [1.807, 2.05) is 0 Å². The van der Waals surface area contributed by atoms with Gasteiger partial charge in [-0.3, -0.25) is 4.79 Å². The number of rotatable bonds is 5. The van der Waals surface area contributed by atoms with Gasteiger partial charge in [-0.2, -0.15) is 10.2 Å². The third-order valence-corrected chi connectivity index (χ3v) is 2.48. The van der Waals surface area contributed by atoms with Crippen LogP contribution in [0.15, 0.2) is 40.6 Å². The predicted molar refractivity (Wildman–Crippen MR) is 70.3 cm³/mol. The van der Waals surface area contributed by atoms with Gasteiger partial charge in [0.25, 0.3) is 0 Å². The van der Waals surface area contributed by atoms with Crippen LogP contribution < -0.4 is 0 Å². The summed E-state index contributed by atoms with van der Waals surface area (Å²) >= 11 is 11.3. The van der Waals surface area contributed by atoms with E-state index < -0.39 is 11.9 Å². The molecule has 0 aromatic heterocycles. The van der Waals surface area contributed by atoms with Crippen molar-refractivity contribution in [2.45, 2.75) is 13.0 Å². The van der Waals surface area contributed by atoms with Gasteiger partial charge in [-0.1, -0.05) is 17.7 Å². The minimum absolute atomic E-state index is 0.00964. The van der Waals surface area contributed by atoms with Crippen LogP contribution in [0.5, 0.6) is 0 Å². The summed E-state index contributed by atoms with van der Waals surface area (Å²) in [6.45, 7) is 1.71. The summed E-state index contributed by atoms with van der Waals surface area (Å²) < 4.78 is 13.0. The Bertz CT molecular complexity index is 469. The first kappa shape index (κ1) is 14.8. The number of hydrogen-bond acceptors (Lipinski definition) is 3. The normalized spacial score (nSPS) is 13.3. The predicted octanol–water partition coefficient (Wildman–Crippen LogP) is 4.32. The molecule has 1 rings (SSSR count). The average molecular weight is 289 g/mol. The molecule has 0 bridgehead atoms. The molecule has 0 aliphatic carbocycles. The van der Waals surface area contributed by atoms with Crippen molar-refractivity contribution in [3.05, 3.63) is 41.2 Å². The number of benzene rings is 1. The maximum absolute atomic E-state index is 13.0. The van der Waals surface area contributed by atoms with E-state index in [0.29, 0.717) is 0 Å². The van der Waals surface area contributed by atoms with Crippen LogP contribution in [0.25, 0.3) is 0 Å². The third kappa shape index (κ3) is 4.55. The van der Waals surface area contributed by atoms with E-state index in [9.17, 15) is 9.18 Å². The number of hydrogen-bond donors (Lipinski definition) is 0. The number of carbonyl (C=O) groups is 1. The van der Waals surface area contributed by atoms with Crippen molar-refractivity contribution in [3.8, 4) is 0 Å². The van der Waals surface area contributed by atoms with E-state index in [1.165, 1.54) is 18.2 Å². The number of ketones is 1. The van der Waals surface area contributed by atoms with Crippen LogP contribution in [0, 0.1) is 5.82 Å². The molecule has 0 radical (unpaired) electrons. The second kappa shape index (κ2) is 7.24. The summed E-state index contributed by atoms with van der Waals surface area (Å²) in [5, 5.41) is 7.76. The number of alkyl halides is 1. The van der Waals surface area contributed by atoms with Crippen LogP contribution in [0.3, 0.4) is 0 Å². The van der Waals surface area contributed by atoms with Crippen LogP contribution in [0.1, 0.15) is 6.92 Å². The Kier molecular flexibility index (Phi) is 5.95. The fraction of sp³-hybridized carbons (Fsp3) is 0.250. The standard InChI is InChI=1S/C12H11Cl2FN2O/c1-2-3-12(18)11(7-13)17-16-10-5-8(14)4-9(15)6-10/h2-6,11H,7H2,1H3/b3-2-,17-16?. The molecule has 6 heteroatoms. The van der Waals surface area contributed by atoms with Crippen LogP contribution in [0.2, 0.25) is 5.02 Å². The maximum atomic E-state index is 13.0. The van der Waals surface area contributed by atoms with Crippen molar-refractivity contribution >= 4 is 34.7 Å². The second-order valence-electron chi connectivity index (χ2n) is 3.42. The van der Waals surface area contributed by atoms with Crippen LogP contribution in [-0.2, 0) is 4.79 Å². The highest BCUT2D eigenvalue weighted by Gasteiger charge is 2.13. The Morgan fingerprint density at radius 1 is 1.50 bits per heavy atom. The molecule has 0 aliphatic rings. The molecule has 0 heterocycles. The number of nitrogens with zero attached hydrogens (tertiary/aromatic N) is 2. The minimum Gasteiger partial charge on any atom is -0.292 e. The highest BCUT2D eigenvalue weighted by Crippen LogP contribution is 2.21. The minimum atomic E-state index is -0.773. The molecule has 0 spiro atoms. The largest absolute Gasteiger partial charge is 0.292 e. The van der Waals surface area contributed by atoms with Gasteiger partial charge in [-0.05, 0) is 25.1 Å². The summed E-state index contributed by atoms with van der Waals surface area (Å²) in [4.78, 5) is 11.5. The van der Waals surface area contributed by atoms with Gasteiger partial charge < -0.3 is 0 Å². The van der Waals surface area contributed by atoms with Crippen LogP contribution >= 0.6 is 23.2 Å². The zero-order valence-electron chi connectivity index (χ0n) is 9.61. The Balaban J connectivity index is 2.86. The van der Waals surface area contributed by atoms with E-state index >= 15 is 0 Å². The summed E-state index contributed by atoms with van der Waals surface area (Å²) in [7, 11) is 0. The molecule has 1 atom stereocenters. The number of azo groups is 1. The summed E-state index contributed by atoms with van der Waals surface area (Å²) in [5.74, 6) is -0.757. The molecule has 0 aliphatic heterocycles. The van der Waals surface area contributed by atoms with Crippen molar-refractivity contribution in [2.24, 2.45) is 10.2 Å². The summed E-state index contributed by atoms with van der Waals surface area (Å²) in [5.41, 5.74) is 0.239. The van der Waals surface area contributed by atoms with E-state index in [4.69, 9.17) is 23.2 Å². The Morgan fingerprint density at radius 3 is 2.78 bits per heavy atom. The Morgan fingerprint density at radius 2 is 2.22 bits per heavy atom. The van der Waals surface area contributed by atoms with Crippen LogP contribution in [-0.4, -0.2) is 17.7 Å². The molecule has 0 saturated heterocycles. The summed E-state index contributed by atoms with van der Waals surface area (Å²) in [6.07, 6.45) is 2.96. The number of allylic oxidation sites excluding steroid dienone is 1. The number of carbonyl (C=O) groups excluding carboxylic acids is 1. The monoisotopic (exact) mass is 288 g/mol. The maximum Gasteiger partial charge on any atom is 0.182 e. The van der Waals surface area contributed by atoms with Crippen molar-refractivity contribution in [1.29, 1.82) is 0 Å². The zero-order valence-corrected chi connectivity index (χ0v) is 11.1. The lowest BCUT2D eigenvalue weighted by molar-refractivity contribution is -0.115. The van der Waals surface area contributed by atoms with Crippen LogP contribution in [0.4, 0.5) is 10.1 Å². The van der Waals surface area contributed by atoms with E-state index in [1.54, 1.807) is 13.0 Å². The second-order valence-corrected chi connectivity index (χ2v) is 4.16. The van der Waals surface area contributed by atoms with Gasteiger partial charge in [0.15, 0.2) is 5.78 Å². The average Bonchev–Trinajstić information content (AvgIpc) is 2.29. The van der Waals surface area contributed by atoms with Gasteiger partial charge in [-0.25, -0.2) is 4.39 Å². The first-order valence-electron chi connectivity index (χ1n) is 5.16. The molecule has 0 saturated carbocycles. The fourth-order valence-electron chi connectivity index (χ4n) is 1.17. The SMILES string of the molecule is C/C=C\C(=O)C(CCl)N=Nc1cc(F)cc(Cl)c1. The first-order chi connectivity index (χ1) is 8.56. The number of halogens is 3. The molecule has 1 unspecified atom stereocenters. The lowest BCUT2D eigenvalue weighted by Crippen LogP contribution is -2.17. The molecule has 18 heavy (non-hydrogen) atoms.